The third-order valence-electron chi connectivity index (χ3n) is 8.15. The number of carboxylic acids is 1. The molecule has 2 N–H and O–H groups in total. The van der Waals surface area contributed by atoms with E-state index in [0.717, 1.165) is 67.1 Å². The van der Waals surface area contributed by atoms with Gasteiger partial charge in [0, 0.05) is 35.2 Å². The van der Waals surface area contributed by atoms with E-state index in [1.165, 1.54) is 0 Å². The zero-order chi connectivity index (χ0) is 27.1. The molecule has 5 atom stereocenters. The molecule has 0 spiro atoms. The molecule has 5 rings (SSSR count). The number of rotatable bonds is 7. The maximum Gasteiger partial charge on any atom is 0.332 e. The summed E-state index contributed by atoms with van der Waals surface area (Å²) in [5.74, 6) is 0.0238. The minimum atomic E-state index is -1.31. The third kappa shape index (κ3) is 5.21. The molecule has 2 aliphatic heterocycles. The fourth-order valence-corrected chi connectivity index (χ4v) is 6.74. The van der Waals surface area contributed by atoms with Gasteiger partial charge in [0.2, 0.25) is 0 Å². The van der Waals surface area contributed by atoms with Crippen molar-refractivity contribution in [3.05, 3.63) is 45.7 Å². The maximum atomic E-state index is 11.2. The fourth-order valence-electron chi connectivity index (χ4n) is 6.18. The van der Waals surface area contributed by atoms with Crippen LogP contribution in [0.1, 0.15) is 56.8 Å². The number of nitrogens with zero attached hydrogens (tertiary/aromatic N) is 6. The number of aromatic nitrogens is 4. The van der Waals surface area contributed by atoms with Crippen molar-refractivity contribution in [2.45, 2.75) is 70.7 Å². The van der Waals surface area contributed by atoms with Crippen LogP contribution in [0.2, 0.25) is 10.0 Å². The molecule has 2 fully saturated rings. The summed E-state index contributed by atoms with van der Waals surface area (Å²) in [7, 11) is 0. The standard InChI is InChI=1S/C27H34Cl2N6O3/c1-15-14-33(10-8-22(15)34-9-4-5-19(34)12-23(36)27(37)38)24-13-30-25-16(2)32-35(26(25)31-24)17(3)20-7-6-18(28)11-21(20)29/h6-7,11,13,15,17,19,22-23,36H,4-5,8-10,12,14H2,1-3H3,(H,37,38)/t15?,17-,19?,22?,23?/m1/s1. The lowest BCUT2D eigenvalue weighted by atomic mass is 9.91. The quantitative estimate of drug-likeness (QED) is 0.432. The van der Waals surface area contributed by atoms with Gasteiger partial charge in [0.05, 0.1) is 17.9 Å². The van der Waals surface area contributed by atoms with Gasteiger partial charge >= 0.3 is 5.97 Å². The van der Waals surface area contributed by atoms with Crippen molar-refractivity contribution < 1.29 is 15.0 Å². The average molecular weight is 562 g/mol. The summed E-state index contributed by atoms with van der Waals surface area (Å²) < 4.78 is 1.88. The number of aliphatic hydroxyl groups excluding tert-OH is 1. The first-order valence-corrected chi connectivity index (χ1v) is 14.0. The zero-order valence-corrected chi connectivity index (χ0v) is 23.4. The van der Waals surface area contributed by atoms with E-state index in [4.69, 9.17) is 43.4 Å². The molecule has 2 aromatic heterocycles. The topological polar surface area (TPSA) is 108 Å². The second-order valence-electron chi connectivity index (χ2n) is 10.7. The maximum absolute atomic E-state index is 11.2. The molecule has 11 heteroatoms. The highest BCUT2D eigenvalue weighted by molar-refractivity contribution is 6.35. The van der Waals surface area contributed by atoms with E-state index in [1.54, 1.807) is 6.07 Å². The van der Waals surface area contributed by atoms with E-state index in [1.807, 2.05) is 36.9 Å². The summed E-state index contributed by atoms with van der Waals surface area (Å²) in [5.41, 5.74) is 3.21. The molecule has 0 aliphatic carbocycles. The number of halogens is 2. The lowest BCUT2D eigenvalue weighted by Crippen LogP contribution is -2.52. The minimum absolute atomic E-state index is 0.106. The van der Waals surface area contributed by atoms with Gasteiger partial charge in [-0.3, -0.25) is 4.90 Å². The normalized spacial score (nSPS) is 24.2. The van der Waals surface area contributed by atoms with Gasteiger partial charge in [-0.2, -0.15) is 5.10 Å². The Morgan fingerprint density at radius 2 is 2.03 bits per heavy atom. The van der Waals surface area contributed by atoms with Crippen molar-refractivity contribution in [2.24, 2.45) is 5.92 Å². The number of aliphatic hydroxyl groups is 1. The second-order valence-corrected chi connectivity index (χ2v) is 11.5. The first-order valence-electron chi connectivity index (χ1n) is 13.2. The number of likely N-dealkylation sites (tertiary alicyclic amines) is 1. The molecule has 9 nitrogen and oxygen atoms in total. The Bertz CT molecular complexity index is 1330. The Balaban J connectivity index is 1.35. The molecule has 204 valence electrons. The summed E-state index contributed by atoms with van der Waals surface area (Å²) in [5, 5.41) is 25.0. The Labute approximate surface area is 232 Å². The van der Waals surface area contributed by atoms with Gasteiger partial charge in [-0.05, 0) is 69.7 Å². The number of benzene rings is 1. The van der Waals surface area contributed by atoms with E-state index in [-0.39, 0.29) is 18.5 Å². The highest BCUT2D eigenvalue weighted by Crippen LogP contribution is 2.34. The minimum Gasteiger partial charge on any atom is -0.479 e. The molecule has 2 saturated heterocycles. The lowest BCUT2D eigenvalue weighted by molar-refractivity contribution is -0.147. The molecule has 0 amide bonds. The Morgan fingerprint density at radius 1 is 1.24 bits per heavy atom. The molecular weight excluding hydrogens is 527 g/mol. The summed E-state index contributed by atoms with van der Waals surface area (Å²) in [6, 6.07) is 5.78. The highest BCUT2D eigenvalue weighted by Gasteiger charge is 2.38. The van der Waals surface area contributed by atoms with Gasteiger partial charge < -0.3 is 15.1 Å². The van der Waals surface area contributed by atoms with E-state index in [0.29, 0.717) is 22.0 Å². The van der Waals surface area contributed by atoms with Crippen LogP contribution in [0.3, 0.4) is 0 Å². The van der Waals surface area contributed by atoms with Gasteiger partial charge in [-0.15, -0.1) is 0 Å². The van der Waals surface area contributed by atoms with Crippen molar-refractivity contribution in [3.8, 4) is 0 Å². The molecule has 38 heavy (non-hydrogen) atoms. The van der Waals surface area contributed by atoms with Crippen LogP contribution in [-0.4, -0.2) is 78.7 Å². The number of carbonyl (C=O) groups is 1. The number of anilines is 1. The smallest absolute Gasteiger partial charge is 0.332 e. The lowest BCUT2D eigenvalue weighted by Gasteiger charge is -2.44. The monoisotopic (exact) mass is 560 g/mol. The van der Waals surface area contributed by atoms with Crippen LogP contribution in [0.25, 0.3) is 11.2 Å². The number of hydrogen-bond acceptors (Lipinski definition) is 7. The van der Waals surface area contributed by atoms with Crippen LogP contribution >= 0.6 is 23.2 Å². The molecule has 3 aromatic rings. The Hall–Kier alpha value is -2.46. The van der Waals surface area contributed by atoms with Crippen molar-refractivity contribution in [1.82, 2.24) is 24.6 Å². The molecule has 0 bridgehead atoms. The molecule has 2 aliphatic rings. The van der Waals surface area contributed by atoms with Crippen LogP contribution in [0, 0.1) is 12.8 Å². The summed E-state index contributed by atoms with van der Waals surface area (Å²) in [4.78, 5) is 25.7. The van der Waals surface area contributed by atoms with Crippen LogP contribution < -0.4 is 4.90 Å². The first-order chi connectivity index (χ1) is 18.1. The first kappa shape index (κ1) is 27.1. The van der Waals surface area contributed by atoms with Crippen molar-refractivity contribution in [2.75, 3.05) is 24.5 Å². The van der Waals surface area contributed by atoms with Gasteiger partial charge in [-0.1, -0.05) is 36.2 Å². The molecule has 1 aromatic carbocycles. The van der Waals surface area contributed by atoms with Crippen molar-refractivity contribution in [1.29, 1.82) is 0 Å². The summed E-state index contributed by atoms with van der Waals surface area (Å²) in [6.07, 6.45) is 3.70. The number of carboxylic acid groups (broad SMARTS) is 1. The van der Waals surface area contributed by atoms with Gasteiger partial charge in [0.15, 0.2) is 11.8 Å². The number of fused-ring (bicyclic) bond motifs is 1. The Kier molecular flexibility index (Phi) is 7.82. The van der Waals surface area contributed by atoms with Gasteiger partial charge in [0.25, 0.3) is 0 Å². The van der Waals surface area contributed by atoms with E-state index in [2.05, 4.69) is 16.7 Å². The number of hydrogen-bond donors (Lipinski definition) is 2. The van der Waals surface area contributed by atoms with Crippen LogP contribution in [0.15, 0.2) is 24.4 Å². The predicted molar refractivity (Wildman–Crippen MR) is 148 cm³/mol. The van der Waals surface area contributed by atoms with E-state index >= 15 is 0 Å². The highest BCUT2D eigenvalue weighted by atomic mass is 35.5. The average Bonchev–Trinajstić information content (AvgIpc) is 3.47. The van der Waals surface area contributed by atoms with Crippen LogP contribution in [0.4, 0.5) is 5.82 Å². The SMILES string of the molecule is Cc1nn([C@H](C)c2ccc(Cl)cc2Cl)c2nc(N3CCC(N4CCCC4CC(O)C(=O)O)C(C)C3)cnc12. The Morgan fingerprint density at radius 3 is 2.74 bits per heavy atom. The van der Waals surface area contributed by atoms with Crippen LogP contribution in [0.5, 0.6) is 0 Å². The van der Waals surface area contributed by atoms with Crippen LogP contribution in [-0.2, 0) is 4.79 Å². The third-order valence-corrected chi connectivity index (χ3v) is 8.71. The summed E-state index contributed by atoms with van der Waals surface area (Å²) >= 11 is 12.6. The predicted octanol–water partition coefficient (Wildman–Crippen LogP) is 4.57. The van der Waals surface area contributed by atoms with Crippen molar-refractivity contribution >= 4 is 46.2 Å². The summed E-state index contributed by atoms with van der Waals surface area (Å²) in [6.45, 7) is 8.81. The second kappa shape index (κ2) is 11.0. The largest absolute Gasteiger partial charge is 0.479 e. The van der Waals surface area contributed by atoms with Gasteiger partial charge in [-0.25, -0.2) is 19.4 Å². The van der Waals surface area contributed by atoms with Gasteiger partial charge in [0.1, 0.15) is 11.3 Å². The fraction of sp³-hybridized carbons (Fsp3) is 0.556. The molecule has 0 radical (unpaired) electrons. The zero-order valence-electron chi connectivity index (χ0n) is 21.9. The molecule has 4 heterocycles. The number of piperidine rings is 1. The van der Waals surface area contributed by atoms with E-state index in [9.17, 15) is 9.90 Å². The van der Waals surface area contributed by atoms with Crippen molar-refractivity contribution in [3.63, 3.8) is 0 Å². The molecule has 0 saturated carbocycles. The molecule has 4 unspecified atom stereocenters. The molecular formula is C27H34Cl2N6O3. The number of aliphatic carboxylic acids is 1. The number of aryl methyl sites for hydroxylation is 1. The van der Waals surface area contributed by atoms with E-state index < -0.39 is 12.1 Å².